The number of fused-ring (bicyclic) bond motifs is 1. The number of hydrogen-bond donors (Lipinski definition) is 1. The van der Waals surface area contributed by atoms with E-state index in [4.69, 9.17) is 4.74 Å². The molecule has 0 spiro atoms. The molecule has 0 radical (unpaired) electrons. The molecular formula is C21H20N6O2. The van der Waals surface area contributed by atoms with Crippen LogP contribution in [-0.2, 0) is 4.74 Å². The molecule has 0 bridgehead atoms. The number of ether oxygens (including phenoxy) is 1. The fourth-order valence-electron chi connectivity index (χ4n) is 3.53. The van der Waals surface area contributed by atoms with Gasteiger partial charge in [0.15, 0.2) is 0 Å². The number of H-pyrrole nitrogens is 1. The maximum absolute atomic E-state index is 12.6. The van der Waals surface area contributed by atoms with Crippen LogP contribution in [0.25, 0.3) is 28.0 Å². The van der Waals surface area contributed by atoms with Crippen molar-refractivity contribution in [3.63, 3.8) is 0 Å². The van der Waals surface area contributed by atoms with Crippen LogP contribution >= 0.6 is 0 Å². The monoisotopic (exact) mass is 388 g/mol. The first-order chi connectivity index (χ1) is 14.2. The quantitative estimate of drug-likeness (QED) is 0.583. The standard InChI is InChI=1S/C21H20N6O2/c1-14-2-7-17-18(12-14)22-24-20(17)19-13-27(25-23-19)16-5-3-15(4-6-16)21(28)26-8-10-29-11-9-26/h2-7,12-13H,8-11H2,1H3,(H,22,24). The molecule has 5 rings (SSSR count). The van der Waals surface area contributed by atoms with Crippen LogP contribution in [0, 0.1) is 6.92 Å². The van der Waals surface area contributed by atoms with Crippen molar-refractivity contribution in [2.24, 2.45) is 0 Å². The van der Waals surface area contributed by atoms with Gasteiger partial charge in [-0.2, -0.15) is 5.10 Å². The zero-order valence-corrected chi connectivity index (χ0v) is 16.0. The highest BCUT2D eigenvalue weighted by molar-refractivity contribution is 5.94. The van der Waals surface area contributed by atoms with Gasteiger partial charge in [-0.15, -0.1) is 5.10 Å². The van der Waals surface area contributed by atoms with Crippen molar-refractivity contribution in [3.8, 4) is 17.1 Å². The fraction of sp³-hybridized carbons (Fsp3) is 0.238. The molecule has 4 aromatic rings. The van der Waals surface area contributed by atoms with Gasteiger partial charge in [0.25, 0.3) is 5.91 Å². The summed E-state index contributed by atoms with van der Waals surface area (Å²) in [7, 11) is 0. The maximum Gasteiger partial charge on any atom is 0.254 e. The number of aromatic amines is 1. The Labute approximate surface area is 167 Å². The number of nitrogens with zero attached hydrogens (tertiary/aromatic N) is 5. The van der Waals surface area contributed by atoms with E-state index < -0.39 is 0 Å². The SMILES string of the molecule is Cc1ccc2c(-c3cn(-c4ccc(C(=O)N5CCOCC5)cc4)nn3)n[nH]c2c1. The third-order valence-corrected chi connectivity index (χ3v) is 5.13. The molecule has 0 saturated carbocycles. The Morgan fingerprint density at radius 3 is 2.69 bits per heavy atom. The van der Waals surface area contributed by atoms with E-state index in [-0.39, 0.29) is 5.91 Å². The van der Waals surface area contributed by atoms with Gasteiger partial charge in [0.05, 0.1) is 30.6 Å². The third-order valence-electron chi connectivity index (χ3n) is 5.13. The molecule has 2 aromatic carbocycles. The van der Waals surface area contributed by atoms with Crippen molar-refractivity contribution >= 4 is 16.8 Å². The van der Waals surface area contributed by atoms with Crippen molar-refractivity contribution in [3.05, 3.63) is 59.8 Å². The lowest BCUT2D eigenvalue weighted by atomic mass is 10.1. The lowest BCUT2D eigenvalue weighted by molar-refractivity contribution is 0.0303. The van der Waals surface area contributed by atoms with Gasteiger partial charge in [-0.25, -0.2) is 4.68 Å². The molecular weight excluding hydrogens is 368 g/mol. The number of amides is 1. The summed E-state index contributed by atoms with van der Waals surface area (Å²) in [5, 5.41) is 17.0. The molecule has 1 saturated heterocycles. The molecule has 0 atom stereocenters. The molecule has 2 aromatic heterocycles. The molecule has 0 aliphatic carbocycles. The summed E-state index contributed by atoms with van der Waals surface area (Å²) in [6.07, 6.45) is 1.84. The fourth-order valence-corrected chi connectivity index (χ4v) is 3.53. The van der Waals surface area contributed by atoms with Crippen LogP contribution in [0.15, 0.2) is 48.7 Å². The average molecular weight is 388 g/mol. The van der Waals surface area contributed by atoms with Crippen LogP contribution in [0.4, 0.5) is 0 Å². The van der Waals surface area contributed by atoms with E-state index in [0.29, 0.717) is 37.6 Å². The molecule has 1 fully saturated rings. The number of carbonyl (C=O) groups is 1. The van der Waals surface area contributed by atoms with Gasteiger partial charge < -0.3 is 9.64 Å². The summed E-state index contributed by atoms with van der Waals surface area (Å²) in [5.41, 5.74) is 5.09. The number of hydrogen-bond acceptors (Lipinski definition) is 5. The second-order valence-corrected chi connectivity index (χ2v) is 7.12. The summed E-state index contributed by atoms with van der Waals surface area (Å²) in [4.78, 5) is 14.4. The Hall–Kier alpha value is -3.52. The summed E-state index contributed by atoms with van der Waals surface area (Å²) in [5.74, 6) is 0.0254. The molecule has 1 aliphatic heterocycles. The number of morpholine rings is 1. The highest BCUT2D eigenvalue weighted by Crippen LogP contribution is 2.25. The van der Waals surface area contributed by atoms with Gasteiger partial charge in [0, 0.05) is 24.0 Å². The third kappa shape index (κ3) is 3.27. The molecule has 0 unspecified atom stereocenters. The minimum absolute atomic E-state index is 0.0254. The van der Waals surface area contributed by atoms with E-state index in [1.807, 2.05) is 48.4 Å². The van der Waals surface area contributed by atoms with Gasteiger partial charge in [-0.3, -0.25) is 9.89 Å². The van der Waals surface area contributed by atoms with Gasteiger partial charge in [0.1, 0.15) is 11.4 Å². The van der Waals surface area contributed by atoms with Gasteiger partial charge in [0.2, 0.25) is 0 Å². The minimum Gasteiger partial charge on any atom is -0.378 e. The first kappa shape index (κ1) is 17.6. The zero-order chi connectivity index (χ0) is 19.8. The largest absolute Gasteiger partial charge is 0.378 e. The Balaban J connectivity index is 1.39. The number of aromatic nitrogens is 5. The number of rotatable bonds is 3. The lowest BCUT2D eigenvalue weighted by Crippen LogP contribution is -2.40. The second-order valence-electron chi connectivity index (χ2n) is 7.12. The van der Waals surface area contributed by atoms with Crippen LogP contribution in [0.2, 0.25) is 0 Å². The summed E-state index contributed by atoms with van der Waals surface area (Å²) in [6, 6.07) is 13.5. The predicted molar refractivity (Wildman–Crippen MR) is 108 cm³/mol. The minimum atomic E-state index is 0.0254. The molecule has 1 aliphatic rings. The van der Waals surface area contributed by atoms with Gasteiger partial charge >= 0.3 is 0 Å². The first-order valence-corrected chi connectivity index (χ1v) is 9.54. The average Bonchev–Trinajstić information content (AvgIpc) is 3.40. The summed E-state index contributed by atoms with van der Waals surface area (Å²) in [6.45, 7) is 4.48. The van der Waals surface area contributed by atoms with Gasteiger partial charge in [-0.05, 0) is 42.8 Å². The van der Waals surface area contributed by atoms with E-state index in [1.165, 1.54) is 5.56 Å². The molecule has 146 valence electrons. The number of benzene rings is 2. The Bertz CT molecular complexity index is 1170. The predicted octanol–water partition coefficient (Wildman–Crippen LogP) is 2.59. The highest BCUT2D eigenvalue weighted by Gasteiger charge is 2.18. The topological polar surface area (TPSA) is 88.9 Å². The molecule has 1 amide bonds. The van der Waals surface area contributed by atoms with E-state index >= 15 is 0 Å². The number of aryl methyl sites for hydroxylation is 1. The molecule has 3 heterocycles. The number of carbonyl (C=O) groups excluding carboxylic acids is 1. The lowest BCUT2D eigenvalue weighted by Gasteiger charge is -2.26. The first-order valence-electron chi connectivity index (χ1n) is 9.54. The van der Waals surface area contributed by atoms with Crippen LogP contribution in [-0.4, -0.2) is 62.3 Å². The van der Waals surface area contributed by atoms with Crippen molar-refractivity contribution in [1.82, 2.24) is 30.1 Å². The summed E-state index contributed by atoms with van der Waals surface area (Å²) < 4.78 is 7.00. The molecule has 8 heteroatoms. The Morgan fingerprint density at radius 2 is 1.90 bits per heavy atom. The number of nitrogens with one attached hydrogen (secondary N) is 1. The van der Waals surface area contributed by atoms with Crippen molar-refractivity contribution in [2.45, 2.75) is 6.92 Å². The molecule has 8 nitrogen and oxygen atoms in total. The van der Waals surface area contributed by atoms with Gasteiger partial charge in [-0.1, -0.05) is 17.3 Å². The smallest absolute Gasteiger partial charge is 0.254 e. The van der Waals surface area contributed by atoms with Crippen molar-refractivity contribution in [2.75, 3.05) is 26.3 Å². The van der Waals surface area contributed by atoms with Crippen LogP contribution in [0.1, 0.15) is 15.9 Å². The van der Waals surface area contributed by atoms with E-state index in [2.05, 4.69) is 32.6 Å². The van der Waals surface area contributed by atoms with Crippen LogP contribution in [0.3, 0.4) is 0 Å². The highest BCUT2D eigenvalue weighted by atomic mass is 16.5. The Kier molecular flexibility index (Phi) is 4.33. The van der Waals surface area contributed by atoms with Crippen LogP contribution in [0.5, 0.6) is 0 Å². The van der Waals surface area contributed by atoms with E-state index in [0.717, 1.165) is 22.3 Å². The summed E-state index contributed by atoms with van der Waals surface area (Å²) >= 11 is 0. The van der Waals surface area contributed by atoms with Crippen LogP contribution < -0.4 is 0 Å². The normalized spacial score (nSPS) is 14.4. The maximum atomic E-state index is 12.6. The van der Waals surface area contributed by atoms with Crippen molar-refractivity contribution in [1.29, 1.82) is 0 Å². The van der Waals surface area contributed by atoms with Crippen molar-refractivity contribution < 1.29 is 9.53 Å². The second kappa shape index (κ2) is 7.14. The zero-order valence-electron chi connectivity index (χ0n) is 16.0. The van der Waals surface area contributed by atoms with E-state index in [9.17, 15) is 4.79 Å². The van der Waals surface area contributed by atoms with E-state index in [1.54, 1.807) is 4.68 Å². The molecule has 1 N–H and O–H groups in total. The Morgan fingerprint density at radius 1 is 1.10 bits per heavy atom. The molecule has 29 heavy (non-hydrogen) atoms.